The molecule has 0 saturated carbocycles. The topological polar surface area (TPSA) is 75.9 Å². The van der Waals surface area contributed by atoms with Gasteiger partial charge in [-0.1, -0.05) is 24.3 Å². The van der Waals surface area contributed by atoms with Crippen molar-refractivity contribution in [1.82, 2.24) is 5.01 Å². The van der Waals surface area contributed by atoms with E-state index in [0.29, 0.717) is 29.8 Å². The number of benzene rings is 3. The van der Waals surface area contributed by atoms with Gasteiger partial charge in [-0.05, 0) is 43.2 Å². The molecule has 1 saturated heterocycles. The minimum atomic E-state index is -0.374. The van der Waals surface area contributed by atoms with Crippen LogP contribution in [0, 0.1) is 10.1 Å². The molecular formula is C22H21N3O4. The number of hydrogen-bond acceptors (Lipinski definition) is 5. The van der Waals surface area contributed by atoms with Crippen LogP contribution in [0.25, 0.3) is 10.8 Å². The van der Waals surface area contributed by atoms with Gasteiger partial charge in [-0.3, -0.25) is 19.9 Å². The maximum atomic E-state index is 13.3. The first-order chi connectivity index (χ1) is 14.1. The van der Waals surface area contributed by atoms with Gasteiger partial charge in [-0.15, -0.1) is 0 Å². The van der Waals surface area contributed by atoms with Crippen LogP contribution in [0.5, 0.6) is 5.75 Å². The number of carbonyl (C=O) groups is 1. The van der Waals surface area contributed by atoms with Crippen molar-refractivity contribution in [2.45, 2.75) is 12.8 Å². The molecular weight excluding hydrogens is 370 g/mol. The molecule has 0 unspecified atom stereocenters. The van der Waals surface area contributed by atoms with Crippen molar-refractivity contribution in [3.63, 3.8) is 0 Å². The predicted molar refractivity (Wildman–Crippen MR) is 111 cm³/mol. The number of hydrazine groups is 1. The lowest BCUT2D eigenvalue weighted by Gasteiger charge is -2.40. The van der Waals surface area contributed by atoms with E-state index in [-0.39, 0.29) is 16.5 Å². The van der Waals surface area contributed by atoms with E-state index in [1.165, 1.54) is 6.07 Å². The molecule has 0 radical (unpaired) electrons. The molecule has 29 heavy (non-hydrogen) atoms. The molecule has 0 N–H and O–H groups in total. The number of amides is 1. The summed E-state index contributed by atoms with van der Waals surface area (Å²) in [6.45, 7) is 1.25. The average Bonchev–Trinajstić information content (AvgIpc) is 2.77. The molecule has 0 bridgehead atoms. The highest BCUT2D eigenvalue weighted by molar-refractivity contribution is 6.02. The van der Waals surface area contributed by atoms with E-state index in [1.54, 1.807) is 54.6 Å². The van der Waals surface area contributed by atoms with Gasteiger partial charge in [0.1, 0.15) is 5.75 Å². The number of non-ortho nitro benzene ring substituents is 1. The minimum absolute atomic E-state index is 0.0621. The van der Waals surface area contributed by atoms with E-state index >= 15 is 0 Å². The molecule has 7 nitrogen and oxygen atoms in total. The lowest BCUT2D eigenvalue weighted by atomic mass is 10.1. The lowest BCUT2D eigenvalue weighted by Crippen LogP contribution is -2.50. The predicted octanol–water partition coefficient (Wildman–Crippen LogP) is 4.41. The number of nitrogens with zero attached hydrogens (tertiary/aromatic N) is 3. The SMILES string of the molecule is COc1cccc(C(=O)N2CCCCN2c2ccc([N+](=O)[O-])c3ccccc23)c1. The molecule has 1 aliphatic rings. The summed E-state index contributed by atoms with van der Waals surface area (Å²) in [7, 11) is 1.57. The normalized spacial score (nSPS) is 14.1. The van der Waals surface area contributed by atoms with Gasteiger partial charge in [0.2, 0.25) is 0 Å². The first kappa shape index (κ1) is 18.7. The Morgan fingerprint density at radius 2 is 1.76 bits per heavy atom. The number of fused-ring (bicyclic) bond motifs is 1. The van der Waals surface area contributed by atoms with Gasteiger partial charge >= 0.3 is 0 Å². The molecule has 3 aromatic rings. The van der Waals surface area contributed by atoms with Crippen molar-refractivity contribution in [2.24, 2.45) is 0 Å². The molecule has 0 aromatic heterocycles. The fourth-order valence-electron chi connectivity index (χ4n) is 3.78. The van der Waals surface area contributed by atoms with Gasteiger partial charge in [0.25, 0.3) is 11.6 Å². The molecule has 1 aliphatic heterocycles. The number of ether oxygens (including phenoxy) is 1. The number of rotatable bonds is 4. The summed E-state index contributed by atoms with van der Waals surface area (Å²) in [6.07, 6.45) is 1.84. The molecule has 148 valence electrons. The monoisotopic (exact) mass is 391 g/mol. The minimum Gasteiger partial charge on any atom is -0.497 e. The van der Waals surface area contributed by atoms with Gasteiger partial charge in [0.15, 0.2) is 0 Å². The van der Waals surface area contributed by atoms with Gasteiger partial charge in [0.05, 0.1) is 23.1 Å². The van der Waals surface area contributed by atoms with Crippen molar-refractivity contribution in [2.75, 3.05) is 25.2 Å². The largest absolute Gasteiger partial charge is 0.497 e. The molecule has 0 aliphatic carbocycles. The number of methoxy groups -OCH3 is 1. The van der Waals surface area contributed by atoms with Crippen LogP contribution in [-0.2, 0) is 0 Å². The van der Waals surface area contributed by atoms with E-state index in [4.69, 9.17) is 4.74 Å². The Kier molecular flexibility index (Phi) is 5.03. The van der Waals surface area contributed by atoms with E-state index in [9.17, 15) is 14.9 Å². The summed E-state index contributed by atoms with van der Waals surface area (Å²) in [5.74, 6) is 0.506. The van der Waals surface area contributed by atoms with Gasteiger partial charge in [-0.2, -0.15) is 0 Å². The number of anilines is 1. The Balaban J connectivity index is 1.78. The molecule has 0 atom stereocenters. The van der Waals surface area contributed by atoms with Crippen LogP contribution in [0.15, 0.2) is 60.7 Å². The van der Waals surface area contributed by atoms with Crippen LogP contribution in [-0.4, -0.2) is 36.0 Å². The standard InChI is InChI=1S/C22H21N3O4/c1-29-17-8-6-7-16(15-17)22(26)24-14-5-4-13-23(24)20-11-12-21(25(27)28)19-10-3-2-9-18(19)20/h2-3,6-12,15H,4-5,13-14H2,1H3. The van der Waals surface area contributed by atoms with Crippen LogP contribution in [0.3, 0.4) is 0 Å². The first-order valence-electron chi connectivity index (χ1n) is 9.49. The summed E-state index contributed by atoms with van der Waals surface area (Å²) in [6, 6.07) is 17.6. The third-order valence-electron chi connectivity index (χ3n) is 5.19. The summed E-state index contributed by atoms with van der Waals surface area (Å²) in [5, 5.41) is 16.4. The molecule has 1 amide bonds. The highest BCUT2D eigenvalue weighted by atomic mass is 16.6. The number of carbonyl (C=O) groups excluding carboxylic acids is 1. The number of nitro groups is 1. The summed E-state index contributed by atoms with van der Waals surface area (Å²) >= 11 is 0. The van der Waals surface area contributed by atoms with Gasteiger partial charge in [0, 0.05) is 30.1 Å². The lowest BCUT2D eigenvalue weighted by molar-refractivity contribution is -0.383. The smallest absolute Gasteiger partial charge is 0.277 e. The van der Waals surface area contributed by atoms with Gasteiger partial charge < -0.3 is 4.74 Å². The summed E-state index contributed by atoms with van der Waals surface area (Å²) in [4.78, 5) is 24.3. The second kappa shape index (κ2) is 7.79. The summed E-state index contributed by atoms with van der Waals surface area (Å²) < 4.78 is 5.25. The Hall–Kier alpha value is -3.61. The van der Waals surface area contributed by atoms with E-state index in [1.807, 2.05) is 17.1 Å². The van der Waals surface area contributed by atoms with Crippen LogP contribution in [0.1, 0.15) is 23.2 Å². The first-order valence-corrected chi connectivity index (χ1v) is 9.49. The Morgan fingerprint density at radius 3 is 2.52 bits per heavy atom. The second-order valence-electron chi connectivity index (χ2n) is 6.90. The van der Waals surface area contributed by atoms with Crippen molar-refractivity contribution in [3.05, 3.63) is 76.3 Å². The molecule has 1 heterocycles. The van der Waals surface area contributed by atoms with Crippen molar-refractivity contribution >= 4 is 28.1 Å². The highest BCUT2D eigenvalue weighted by Crippen LogP contribution is 2.35. The van der Waals surface area contributed by atoms with Crippen LogP contribution in [0.4, 0.5) is 11.4 Å². The maximum absolute atomic E-state index is 13.3. The average molecular weight is 391 g/mol. The third-order valence-corrected chi connectivity index (χ3v) is 5.19. The van der Waals surface area contributed by atoms with Crippen LogP contribution in [0.2, 0.25) is 0 Å². The second-order valence-corrected chi connectivity index (χ2v) is 6.90. The van der Waals surface area contributed by atoms with Gasteiger partial charge in [-0.25, -0.2) is 5.01 Å². The van der Waals surface area contributed by atoms with E-state index in [2.05, 4.69) is 0 Å². The molecule has 7 heteroatoms. The third kappa shape index (κ3) is 3.47. The van der Waals surface area contributed by atoms with Crippen molar-refractivity contribution in [1.29, 1.82) is 0 Å². The summed E-state index contributed by atoms with van der Waals surface area (Å²) in [5.41, 5.74) is 1.40. The molecule has 4 rings (SSSR count). The van der Waals surface area contributed by atoms with Crippen molar-refractivity contribution < 1.29 is 14.5 Å². The Bertz CT molecular complexity index is 1080. The number of nitro benzene ring substituents is 1. The number of hydrogen-bond donors (Lipinski definition) is 0. The highest BCUT2D eigenvalue weighted by Gasteiger charge is 2.28. The molecule has 0 spiro atoms. The van der Waals surface area contributed by atoms with Crippen molar-refractivity contribution in [3.8, 4) is 5.75 Å². The Labute approximate surface area is 168 Å². The molecule has 1 fully saturated rings. The zero-order valence-corrected chi connectivity index (χ0v) is 16.1. The van der Waals surface area contributed by atoms with Crippen LogP contribution < -0.4 is 9.75 Å². The van der Waals surface area contributed by atoms with E-state index in [0.717, 1.165) is 23.9 Å². The molecule has 3 aromatic carbocycles. The maximum Gasteiger partial charge on any atom is 0.277 e. The fraction of sp³-hybridized carbons (Fsp3) is 0.227. The Morgan fingerprint density at radius 1 is 1.00 bits per heavy atom. The zero-order chi connectivity index (χ0) is 20.4. The van der Waals surface area contributed by atoms with Crippen LogP contribution >= 0.6 is 0 Å². The zero-order valence-electron chi connectivity index (χ0n) is 16.1. The fourth-order valence-corrected chi connectivity index (χ4v) is 3.78. The quantitative estimate of drug-likeness (QED) is 0.486. The van der Waals surface area contributed by atoms with E-state index < -0.39 is 0 Å².